The summed E-state index contributed by atoms with van der Waals surface area (Å²) in [4.78, 5) is 41.4. The molecule has 0 unspecified atom stereocenters. The lowest BCUT2D eigenvalue weighted by molar-refractivity contribution is -0.235. The summed E-state index contributed by atoms with van der Waals surface area (Å²) in [6, 6.07) is 7.93. The maximum Gasteiger partial charge on any atom is 0.309 e. The summed E-state index contributed by atoms with van der Waals surface area (Å²) in [7, 11) is 0. The second kappa shape index (κ2) is 14.3. The molecule has 4 saturated carbocycles. The molecule has 0 radical (unpaired) electrons. The van der Waals surface area contributed by atoms with Gasteiger partial charge in [0.1, 0.15) is 6.10 Å². The van der Waals surface area contributed by atoms with Crippen LogP contribution in [0.1, 0.15) is 139 Å². The molecule has 5 aliphatic rings. The Kier molecular flexibility index (Phi) is 11.0. The van der Waals surface area contributed by atoms with Gasteiger partial charge in [-0.05, 0) is 129 Å². The third-order valence-electron chi connectivity index (χ3n) is 16.7. The first-order valence-electron chi connectivity index (χ1n) is 20.9. The van der Waals surface area contributed by atoms with E-state index in [4.69, 9.17) is 16.3 Å². The number of allylic oxidation sites excluding steroid dienone is 1. The fourth-order valence-corrected chi connectivity index (χ4v) is 13.7. The molecule has 9 atom stereocenters. The van der Waals surface area contributed by atoms with E-state index in [2.05, 4.69) is 66.4 Å². The summed E-state index contributed by atoms with van der Waals surface area (Å²) in [5, 5.41) is 22.8. The highest BCUT2D eigenvalue weighted by Gasteiger charge is 2.70. The topological polar surface area (TPSA) is 104 Å². The fourth-order valence-electron chi connectivity index (χ4n) is 13.5. The predicted molar refractivity (Wildman–Crippen MR) is 214 cm³/mol. The van der Waals surface area contributed by atoms with Crippen molar-refractivity contribution in [1.29, 1.82) is 0 Å². The molecule has 54 heavy (non-hydrogen) atoms. The summed E-state index contributed by atoms with van der Waals surface area (Å²) in [6.45, 7) is 23.7. The summed E-state index contributed by atoms with van der Waals surface area (Å²) in [6.07, 6.45) is 7.16. The van der Waals surface area contributed by atoms with E-state index < -0.39 is 28.9 Å². The largest absolute Gasteiger partial charge is 0.481 e. The zero-order valence-electron chi connectivity index (χ0n) is 34.8. The molecule has 8 heteroatoms. The van der Waals surface area contributed by atoms with Gasteiger partial charge in [0, 0.05) is 35.4 Å². The number of carboxylic acids is 1. The number of carbonyl (C=O) groups is 3. The molecular weight excluding hydrogens is 698 g/mol. The average Bonchev–Trinajstić information content (AvgIpc) is 3.40. The van der Waals surface area contributed by atoms with Crippen LogP contribution in [0.3, 0.4) is 0 Å². The molecule has 7 nitrogen and oxygen atoms in total. The van der Waals surface area contributed by atoms with Gasteiger partial charge >= 0.3 is 11.9 Å². The van der Waals surface area contributed by atoms with Crippen LogP contribution in [0.15, 0.2) is 35.4 Å². The van der Waals surface area contributed by atoms with Crippen LogP contribution in [-0.4, -0.2) is 58.1 Å². The van der Waals surface area contributed by atoms with Gasteiger partial charge in [0.2, 0.25) is 0 Å². The Morgan fingerprint density at radius 1 is 0.963 bits per heavy atom. The number of nitrogens with zero attached hydrogens (tertiary/aromatic N) is 1. The van der Waals surface area contributed by atoms with E-state index in [1.54, 1.807) is 13.8 Å². The van der Waals surface area contributed by atoms with Gasteiger partial charge in [-0.2, -0.15) is 0 Å². The van der Waals surface area contributed by atoms with Crippen molar-refractivity contribution >= 4 is 29.3 Å². The Balaban J connectivity index is 1.28. The molecule has 0 saturated heterocycles. The first-order valence-corrected chi connectivity index (χ1v) is 21.3. The molecule has 300 valence electrons. The molecule has 5 aliphatic carbocycles. The van der Waals surface area contributed by atoms with Gasteiger partial charge in [-0.3, -0.25) is 19.3 Å². The first-order chi connectivity index (χ1) is 25.1. The van der Waals surface area contributed by atoms with Crippen LogP contribution < -0.4 is 0 Å². The Morgan fingerprint density at radius 3 is 2.28 bits per heavy atom. The average molecular weight is 767 g/mol. The molecule has 0 aromatic heterocycles. The van der Waals surface area contributed by atoms with E-state index in [1.165, 1.54) is 5.57 Å². The van der Waals surface area contributed by atoms with Crippen LogP contribution in [0, 0.1) is 56.2 Å². The van der Waals surface area contributed by atoms with E-state index >= 15 is 0 Å². The van der Waals surface area contributed by atoms with Gasteiger partial charge in [0.05, 0.1) is 17.9 Å². The molecule has 0 spiro atoms. The van der Waals surface area contributed by atoms with Crippen molar-refractivity contribution in [2.24, 2.45) is 56.2 Å². The number of ether oxygens (including phenoxy) is 1. The monoisotopic (exact) mass is 765 g/mol. The standard InChI is InChI=1S/C46H68ClNO6/c1-11-48(26-29-14-12-13-15-31(29)47)27-35(50)46-23-22-44(9)30(39(46)38(28(2)3)32(49)24-46)16-17-34-43(8)20-19-36(54-37(51)25-41(4,5)40(52)53)42(6,7)33(43)18-21-45(34,44)10/h12-15,28,30,33-36,50H,11,16-27H2,1-10H3,(H,52,53)/t30-,33+,34-,35+,36+,43+,44-,45-,46+/m1/s1. The first kappa shape index (κ1) is 41.4. The molecule has 2 N–H and O–H groups in total. The van der Waals surface area contributed by atoms with E-state index in [0.29, 0.717) is 31.3 Å². The number of aliphatic hydroxyl groups is 1. The van der Waals surface area contributed by atoms with Gasteiger partial charge in [-0.25, -0.2) is 0 Å². The van der Waals surface area contributed by atoms with Gasteiger partial charge in [-0.15, -0.1) is 0 Å². The number of hydrogen-bond acceptors (Lipinski definition) is 6. The lowest BCUT2D eigenvalue weighted by Crippen LogP contribution is -2.66. The summed E-state index contributed by atoms with van der Waals surface area (Å²) in [5.74, 6) is 0.0214. The number of ketones is 1. The van der Waals surface area contributed by atoms with Gasteiger partial charge in [0.15, 0.2) is 5.78 Å². The molecule has 1 aromatic carbocycles. The number of fused-ring (bicyclic) bond motifs is 7. The second-order valence-electron chi connectivity index (χ2n) is 20.5. The van der Waals surface area contributed by atoms with Crippen molar-refractivity contribution in [3.8, 4) is 0 Å². The van der Waals surface area contributed by atoms with E-state index in [-0.39, 0.29) is 51.8 Å². The van der Waals surface area contributed by atoms with Crippen molar-refractivity contribution in [1.82, 2.24) is 4.90 Å². The lowest BCUT2D eigenvalue weighted by Gasteiger charge is -2.72. The number of benzene rings is 1. The van der Waals surface area contributed by atoms with E-state index in [0.717, 1.165) is 74.1 Å². The number of carboxylic acid groups (broad SMARTS) is 1. The van der Waals surface area contributed by atoms with Gasteiger partial charge in [-0.1, -0.05) is 90.8 Å². The molecule has 1 aromatic rings. The SMILES string of the molecule is CCN(Cc1ccccc1Cl)C[C@H](O)[C@@]12CC[C@]3(C)[C@H](CC[C@@H]4[C@@]5(C)CC[C@H](OC(=O)CC(C)(C)C(=O)O)C(C)(C)[C@@H]5CC[C@]43C)C1=C(C(C)C)C(=O)C2. The maximum absolute atomic E-state index is 14.2. The van der Waals surface area contributed by atoms with Crippen LogP contribution >= 0.6 is 11.6 Å². The molecule has 0 heterocycles. The zero-order valence-corrected chi connectivity index (χ0v) is 35.6. The highest BCUT2D eigenvalue weighted by molar-refractivity contribution is 6.31. The van der Waals surface area contributed by atoms with E-state index in [1.807, 2.05) is 18.2 Å². The van der Waals surface area contributed by atoms with Crippen LogP contribution in [0.25, 0.3) is 0 Å². The van der Waals surface area contributed by atoms with Crippen LogP contribution in [-0.2, 0) is 25.7 Å². The smallest absolute Gasteiger partial charge is 0.309 e. The quantitative estimate of drug-likeness (QED) is 0.216. The third kappa shape index (κ3) is 6.42. The Labute approximate surface area is 330 Å². The maximum atomic E-state index is 14.2. The summed E-state index contributed by atoms with van der Waals surface area (Å²) < 4.78 is 6.18. The zero-order chi connectivity index (χ0) is 39.8. The van der Waals surface area contributed by atoms with E-state index in [9.17, 15) is 24.6 Å². The number of likely N-dealkylation sites (N-methyl/N-ethyl adjacent to an activating group) is 1. The number of rotatable bonds is 11. The number of hydrogen-bond donors (Lipinski definition) is 2. The minimum Gasteiger partial charge on any atom is -0.481 e. The lowest BCUT2D eigenvalue weighted by atomic mass is 9.33. The summed E-state index contributed by atoms with van der Waals surface area (Å²) >= 11 is 6.58. The number of carbonyl (C=O) groups excluding carboxylic acids is 2. The van der Waals surface area contributed by atoms with Gasteiger partial charge < -0.3 is 14.9 Å². The van der Waals surface area contributed by atoms with Crippen molar-refractivity contribution in [3.05, 3.63) is 46.0 Å². The fraction of sp³-hybridized carbons (Fsp3) is 0.761. The van der Waals surface area contributed by atoms with Gasteiger partial charge in [0.25, 0.3) is 0 Å². The van der Waals surface area contributed by atoms with Crippen molar-refractivity contribution in [2.45, 2.75) is 152 Å². The number of aliphatic hydroxyl groups excluding tert-OH is 1. The number of halogens is 1. The number of esters is 1. The molecule has 0 amide bonds. The van der Waals surface area contributed by atoms with Crippen LogP contribution in [0.4, 0.5) is 0 Å². The Bertz CT molecular complexity index is 1680. The molecule has 0 aliphatic heterocycles. The minimum absolute atomic E-state index is 0.0227. The highest BCUT2D eigenvalue weighted by atomic mass is 35.5. The normalized spacial score (nSPS) is 36.7. The molecule has 0 bridgehead atoms. The number of aliphatic carboxylic acids is 1. The minimum atomic E-state index is -1.17. The van der Waals surface area contributed by atoms with Crippen LogP contribution in [0.5, 0.6) is 0 Å². The third-order valence-corrected chi connectivity index (χ3v) is 17.1. The highest BCUT2D eigenvalue weighted by Crippen LogP contribution is 2.77. The molecule has 6 rings (SSSR count). The Morgan fingerprint density at radius 2 is 1.65 bits per heavy atom. The van der Waals surface area contributed by atoms with Crippen molar-refractivity contribution in [2.75, 3.05) is 13.1 Å². The molecular formula is C46H68ClNO6. The predicted octanol–water partition coefficient (Wildman–Crippen LogP) is 9.92. The summed E-state index contributed by atoms with van der Waals surface area (Å²) in [5.41, 5.74) is 1.47. The van der Waals surface area contributed by atoms with Crippen molar-refractivity contribution < 1.29 is 29.3 Å². The molecule has 4 fully saturated rings. The number of Topliss-reactive ketones (excluding diaryl/α,β-unsaturated/α-hetero) is 1. The van der Waals surface area contributed by atoms with Crippen molar-refractivity contribution in [3.63, 3.8) is 0 Å². The Hall–Kier alpha value is -2.22. The van der Waals surface area contributed by atoms with Crippen LogP contribution in [0.2, 0.25) is 5.02 Å². The second-order valence-corrected chi connectivity index (χ2v) is 20.9.